The number of benzene rings is 2. The summed E-state index contributed by atoms with van der Waals surface area (Å²) in [5.74, 6) is 1.13. The first-order chi connectivity index (χ1) is 13.5. The van der Waals surface area contributed by atoms with E-state index in [-0.39, 0.29) is 18.6 Å². The molecule has 1 aliphatic rings. The minimum absolute atomic E-state index is 0.159. The van der Waals surface area contributed by atoms with Gasteiger partial charge in [0.1, 0.15) is 0 Å². The lowest BCUT2D eigenvalue weighted by molar-refractivity contribution is -0.145. The number of rotatable bonds is 6. The van der Waals surface area contributed by atoms with Crippen LogP contribution in [0.25, 0.3) is 0 Å². The SMILES string of the molecule is CCOC(=O)CN1CCc2cc(OC)c(OC)cc2[C@@H]1c1cc(C)ccc1N. The van der Waals surface area contributed by atoms with Gasteiger partial charge in [-0.2, -0.15) is 0 Å². The van der Waals surface area contributed by atoms with E-state index in [9.17, 15) is 4.79 Å². The first-order valence-electron chi connectivity index (χ1n) is 9.49. The Morgan fingerprint density at radius 2 is 1.86 bits per heavy atom. The van der Waals surface area contributed by atoms with Crippen LogP contribution in [0.2, 0.25) is 0 Å². The predicted molar refractivity (Wildman–Crippen MR) is 109 cm³/mol. The fourth-order valence-corrected chi connectivity index (χ4v) is 3.84. The Morgan fingerprint density at radius 1 is 1.14 bits per heavy atom. The molecular formula is C22H28N2O4. The maximum Gasteiger partial charge on any atom is 0.320 e. The van der Waals surface area contributed by atoms with Crippen LogP contribution in [-0.2, 0) is 16.0 Å². The third-order valence-corrected chi connectivity index (χ3v) is 5.15. The number of nitrogens with two attached hydrogens (primary N) is 1. The van der Waals surface area contributed by atoms with Gasteiger partial charge in [0.2, 0.25) is 0 Å². The largest absolute Gasteiger partial charge is 0.493 e. The summed E-state index contributed by atoms with van der Waals surface area (Å²) in [7, 11) is 3.26. The second kappa shape index (κ2) is 8.52. The summed E-state index contributed by atoms with van der Waals surface area (Å²) in [6, 6.07) is 9.86. The first-order valence-corrected chi connectivity index (χ1v) is 9.49. The van der Waals surface area contributed by atoms with Gasteiger partial charge in [-0.05, 0) is 55.2 Å². The molecule has 0 unspecified atom stereocenters. The molecule has 150 valence electrons. The van der Waals surface area contributed by atoms with Crippen molar-refractivity contribution in [2.24, 2.45) is 0 Å². The van der Waals surface area contributed by atoms with Gasteiger partial charge >= 0.3 is 5.97 Å². The lowest BCUT2D eigenvalue weighted by atomic mass is 9.86. The van der Waals surface area contributed by atoms with Crippen LogP contribution >= 0.6 is 0 Å². The molecule has 2 aromatic carbocycles. The number of hydrogen-bond acceptors (Lipinski definition) is 6. The lowest BCUT2D eigenvalue weighted by Crippen LogP contribution is -2.40. The Balaban J connectivity index is 2.13. The summed E-state index contributed by atoms with van der Waals surface area (Å²) < 4.78 is 16.2. The minimum atomic E-state index is -0.234. The Kier molecular flexibility index (Phi) is 6.09. The van der Waals surface area contributed by atoms with Crippen molar-refractivity contribution in [2.75, 3.05) is 39.6 Å². The number of nitrogen functional groups attached to an aromatic ring is 1. The number of hydrogen-bond donors (Lipinski definition) is 1. The second-order valence-corrected chi connectivity index (χ2v) is 6.97. The van der Waals surface area contributed by atoms with Crippen molar-refractivity contribution in [1.82, 2.24) is 4.90 Å². The van der Waals surface area contributed by atoms with Crippen LogP contribution in [0.3, 0.4) is 0 Å². The summed E-state index contributed by atoms with van der Waals surface area (Å²) in [4.78, 5) is 14.4. The highest BCUT2D eigenvalue weighted by Crippen LogP contribution is 2.42. The number of methoxy groups -OCH3 is 2. The van der Waals surface area contributed by atoms with E-state index in [1.165, 1.54) is 5.56 Å². The average Bonchev–Trinajstić information content (AvgIpc) is 2.69. The molecule has 0 aromatic heterocycles. The van der Waals surface area contributed by atoms with Crippen LogP contribution in [0.1, 0.15) is 35.2 Å². The summed E-state index contributed by atoms with van der Waals surface area (Å²) in [5.41, 5.74) is 11.4. The van der Waals surface area contributed by atoms with Crippen molar-refractivity contribution >= 4 is 11.7 Å². The van der Waals surface area contributed by atoms with Gasteiger partial charge in [0, 0.05) is 12.2 Å². The van der Waals surface area contributed by atoms with Gasteiger partial charge in [-0.15, -0.1) is 0 Å². The van der Waals surface area contributed by atoms with Gasteiger partial charge in [0.15, 0.2) is 11.5 Å². The van der Waals surface area contributed by atoms with Crippen LogP contribution in [0, 0.1) is 6.92 Å². The molecule has 2 N–H and O–H groups in total. The fourth-order valence-electron chi connectivity index (χ4n) is 3.84. The van der Waals surface area contributed by atoms with E-state index in [0.717, 1.165) is 29.7 Å². The highest BCUT2D eigenvalue weighted by atomic mass is 16.5. The highest BCUT2D eigenvalue weighted by molar-refractivity contribution is 5.72. The molecule has 1 heterocycles. The topological polar surface area (TPSA) is 74.0 Å². The van der Waals surface area contributed by atoms with Gasteiger partial charge in [0.25, 0.3) is 0 Å². The fraction of sp³-hybridized carbons (Fsp3) is 0.409. The van der Waals surface area contributed by atoms with Crippen LogP contribution in [-0.4, -0.2) is 44.8 Å². The number of carbonyl (C=O) groups is 1. The van der Waals surface area contributed by atoms with Gasteiger partial charge in [-0.3, -0.25) is 9.69 Å². The van der Waals surface area contributed by atoms with Crippen molar-refractivity contribution in [2.45, 2.75) is 26.3 Å². The van der Waals surface area contributed by atoms with Crippen LogP contribution in [0.4, 0.5) is 5.69 Å². The molecule has 0 fully saturated rings. The summed E-state index contributed by atoms with van der Waals surface area (Å²) >= 11 is 0. The van der Waals surface area contributed by atoms with Crippen molar-refractivity contribution in [1.29, 1.82) is 0 Å². The number of carbonyl (C=O) groups excluding carboxylic acids is 1. The molecule has 2 aromatic rings. The Morgan fingerprint density at radius 3 is 2.54 bits per heavy atom. The Hall–Kier alpha value is -2.73. The van der Waals surface area contributed by atoms with Crippen molar-refractivity contribution in [3.8, 4) is 11.5 Å². The van der Waals surface area contributed by atoms with E-state index >= 15 is 0 Å². The van der Waals surface area contributed by atoms with E-state index in [1.807, 2.05) is 38.1 Å². The normalized spacial score (nSPS) is 16.4. The monoisotopic (exact) mass is 384 g/mol. The maximum atomic E-state index is 12.2. The first kappa shape index (κ1) is 20.0. The molecule has 6 nitrogen and oxygen atoms in total. The van der Waals surface area contributed by atoms with Gasteiger partial charge < -0.3 is 19.9 Å². The van der Waals surface area contributed by atoms with Crippen LogP contribution < -0.4 is 15.2 Å². The van der Waals surface area contributed by atoms with Crippen molar-refractivity contribution < 1.29 is 19.0 Å². The minimum Gasteiger partial charge on any atom is -0.493 e. The number of anilines is 1. The third-order valence-electron chi connectivity index (χ3n) is 5.15. The highest BCUT2D eigenvalue weighted by Gasteiger charge is 2.33. The van der Waals surface area contributed by atoms with E-state index in [1.54, 1.807) is 14.2 Å². The molecular weight excluding hydrogens is 356 g/mol. The lowest BCUT2D eigenvalue weighted by Gasteiger charge is -2.38. The van der Waals surface area contributed by atoms with Crippen molar-refractivity contribution in [3.63, 3.8) is 0 Å². The predicted octanol–water partition coefficient (Wildman–Crippen LogP) is 3.11. The standard InChI is InChI=1S/C22H28N2O4/c1-5-28-21(25)13-24-9-8-15-11-19(26-3)20(27-4)12-16(15)22(24)17-10-14(2)6-7-18(17)23/h6-7,10-12,22H,5,8-9,13,23H2,1-4H3/t22-/m1/s1. The average molecular weight is 384 g/mol. The summed E-state index contributed by atoms with van der Waals surface area (Å²) in [6.45, 7) is 5.15. The zero-order valence-electron chi connectivity index (χ0n) is 17.0. The van der Waals surface area contributed by atoms with Gasteiger partial charge in [-0.1, -0.05) is 17.7 Å². The van der Waals surface area contributed by atoms with Crippen molar-refractivity contribution in [3.05, 3.63) is 52.6 Å². The molecule has 0 saturated carbocycles. The molecule has 0 aliphatic carbocycles. The Labute approximate surface area is 166 Å². The summed E-state index contributed by atoms with van der Waals surface area (Å²) in [6.07, 6.45) is 0.803. The number of esters is 1. The summed E-state index contributed by atoms with van der Waals surface area (Å²) in [5, 5.41) is 0. The van der Waals surface area contributed by atoms with Crippen LogP contribution in [0.5, 0.6) is 11.5 Å². The molecule has 0 bridgehead atoms. The van der Waals surface area contributed by atoms with E-state index in [0.29, 0.717) is 23.8 Å². The molecule has 1 aliphatic heterocycles. The molecule has 6 heteroatoms. The third kappa shape index (κ3) is 3.92. The van der Waals surface area contributed by atoms with E-state index in [2.05, 4.69) is 11.0 Å². The molecule has 3 rings (SSSR count). The van der Waals surface area contributed by atoms with Crippen LogP contribution in [0.15, 0.2) is 30.3 Å². The quantitative estimate of drug-likeness (QED) is 0.609. The smallest absolute Gasteiger partial charge is 0.320 e. The zero-order chi connectivity index (χ0) is 20.3. The molecule has 28 heavy (non-hydrogen) atoms. The molecule has 0 spiro atoms. The number of fused-ring (bicyclic) bond motifs is 1. The zero-order valence-corrected chi connectivity index (χ0v) is 17.0. The Bertz CT molecular complexity index is 866. The van der Waals surface area contributed by atoms with Gasteiger partial charge in [-0.25, -0.2) is 0 Å². The molecule has 0 saturated heterocycles. The molecule has 1 atom stereocenters. The molecule has 0 radical (unpaired) electrons. The maximum absolute atomic E-state index is 12.2. The number of nitrogens with zero attached hydrogens (tertiary/aromatic N) is 1. The second-order valence-electron chi connectivity index (χ2n) is 6.97. The number of aryl methyl sites for hydroxylation is 1. The molecule has 0 amide bonds. The number of ether oxygens (including phenoxy) is 3. The van der Waals surface area contributed by atoms with Gasteiger partial charge in [0.05, 0.1) is 33.4 Å². The van der Waals surface area contributed by atoms with E-state index in [4.69, 9.17) is 19.9 Å². The van der Waals surface area contributed by atoms with E-state index < -0.39 is 0 Å².